The minimum atomic E-state index is -4.22. The van der Waals surface area contributed by atoms with E-state index in [1.54, 1.807) is 11.9 Å². The molecule has 0 aliphatic carbocycles. The first-order valence-electron chi connectivity index (χ1n) is 6.29. The molecule has 3 unspecified atom stereocenters. The molecule has 0 amide bonds. The van der Waals surface area contributed by atoms with E-state index in [1.807, 2.05) is 0 Å². The molecule has 0 aromatic rings. The van der Waals surface area contributed by atoms with E-state index in [-0.39, 0.29) is 13.2 Å². The lowest BCUT2D eigenvalue weighted by Gasteiger charge is -2.25. The van der Waals surface area contributed by atoms with Gasteiger partial charge in [-0.05, 0) is 7.05 Å². The molecule has 0 bridgehead atoms. The fourth-order valence-corrected chi connectivity index (χ4v) is 2.94. The number of carbonyl (C=O) groups is 1. The van der Waals surface area contributed by atoms with Crippen molar-refractivity contribution in [2.45, 2.75) is 0 Å². The Bertz CT molecular complexity index is 336. The maximum absolute atomic E-state index is 10.7. The monoisotopic (exact) mass is 396 g/mol. The molecular formula is C9H28N4O5P4. The van der Waals surface area contributed by atoms with E-state index in [9.17, 15) is 9.36 Å². The van der Waals surface area contributed by atoms with Crippen molar-refractivity contribution < 1.29 is 24.3 Å². The summed E-state index contributed by atoms with van der Waals surface area (Å²) in [6, 6.07) is 0. The van der Waals surface area contributed by atoms with E-state index in [2.05, 4.69) is 32.6 Å². The van der Waals surface area contributed by atoms with Gasteiger partial charge in [-0.2, -0.15) is 0 Å². The Morgan fingerprint density at radius 2 is 1.64 bits per heavy atom. The van der Waals surface area contributed by atoms with Gasteiger partial charge in [0.15, 0.2) is 0 Å². The third-order valence-corrected chi connectivity index (χ3v) is 4.70. The highest BCUT2D eigenvalue weighted by Crippen LogP contribution is 2.34. The number of hydrogen-bond donors (Lipinski definition) is 4. The normalized spacial score (nSPS) is 11.7. The number of carboxylic acid groups (broad SMARTS) is 1. The predicted octanol–water partition coefficient (Wildman–Crippen LogP) is -0.900. The Balaban J connectivity index is 0. The highest BCUT2D eigenvalue weighted by atomic mass is 31.2. The zero-order valence-corrected chi connectivity index (χ0v) is 17.1. The van der Waals surface area contributed by atoms with Crippen LogP contribution in [-0.4, -0.2) is 87.6 Å². The molecule has 0 aromatic carbocycles. The van der Waals surface area contributed by atoms with Crippen molar-refractivity contribution in [1.29, 1.82) is 0 Å². The van der Waals surface area contributed by atoms with Gasteiger partial charge < -0.3 is 20.6 Å². The largest absolute Gasteiger partial charge is 0.480 e. The maximum atomic E-state index is 10.7. The van der Waals surface area contributed by atoms with Crippen molar-refractivity contribution in [2.24, 2.45) is 5.73 Å². The van der Waals surface area contributed by atoms with Gasteiger partial charge in [0.1, 0.15) is 6.29 Å². The number of nitrogens with zero attached hydrogens (tertiary/aromatic N) is 3. The SMILES string of the molecule is CN(CP)CN(CC(=O)O)CP(=O)(O)O.NCN(CP)CP. The Morgan fingerprint density at radius 3 is 1.86 bits per heavy atom. The molecule has 22 heavy (non-hydrogen) atoms. The third-order valence-electron chi connectivity index (χ3n) is 2.27. The smallest absolute Gasteiger partial charge is 0.339 e. The van der Waals surface area contributed by atoms with E-state index in [0.29, 0.717) is 13.0 Å². The molecule has 0 aromatic heterocycles. The number of nitrogens with two attached hydrogens (primary N) is 1. The molecule has 3 atom stereocenters. The van der Waals surface area contributed by atoms with Crippen LogP contribution in [0.1, 0.15) is 0 Å². The fraction of sp³-hybridized carbons (Fsp3) is 0.889. The minimum Gasteiger partial charge on any atom is -0.480 e. The van der Waals surface area contributed by atoms with Crippen molar-refractivity contribution in [3.05, 3.63) is 0 Å². The molecule has 13 heteroatoms. The molecule has 0 aliphatic rings. The van der Waals surface area contributed by atoms with Crippen LogP contribution in [0.5, 0.6) is 0 Å². The summed E-state index contributed by atoms with van der Waals surface area (Å²) in [5, 5.41) is 8.55. The van der Waals surface area contributed by atoms with Crippen molar-refractivity contribution in [3.8, 4) is 0 Å². The molecule has 9 nitrogen and oxygen atoms in total. The molecule has 5 N–H and O–H groups in total. The summed E-state index contributed by atoms with van der Waals surface area (Å²) in [6.07, 6.45) is 1.96. The number of hydrogen-bond acceptors (Lipinski definition) is 6. The third kappa shape index (κ3) is 17.1. The molecule has 0 spiro atoms. The minimum absolute atomic E-state index is 0.195. The Morgan fingerprint density at radius 1 is 1.14 bits per heavy atom. The van der Waals surface area contributed by atoms with Crippen LogP contribution in [0.3, 0.4) is 0 Å². The quantitative estimate of drug-likeness (QED) is 0.274. The topological polar surface area (TPSA) is 131 Å². The second kappa shape index (κ2) is 14.1. The van der Waals surface area contributed by atoms with Gasteiger partial charge in [0.2, 0.25) is 0 Å². The summed E-state index contributed by atoms with van der Waals surface area (Å²) in [6.45, 7) is 0.452. The highest BCUT2D eigenvalue weighted by molar-refractivity contribution is 7.51. The molecule has 134 valence electrons. The molecular weight excluding hydrogens is 368 g/mol. The summed E-state index contributed by atoms with van der Waals surface area (Å²) in [7, 11) is 5.18. The summed E-state index contributed by atoms with van der Waals surface area (Å²) in [4.78, 5) is 32.9. The Hall–Kier alpha value is 0.750. The van der Waals surface area contributed by atoms with E-state index in [4.69, 9.17) is 20.6 Å². The number of rotatable bonds is 10. The first kappa shape index (κ1) is 25.0. The average molecular weight is 396 g/mol. The summed E-state index contributed by atoms with van der Waals surface area (Å²) >= 11 is 0. The van der Waals surface area contributed by atoms with Crippen LogP contribution in [0, 0.1) is 0 Å². The number of carboxylic acids is 1. The molecule has 0 saturated carbocycles. The second-order valence-electron chi connectivity index (χ2n) is 4.43. The molecule has 0 rings (SSSR count). The predicted molar refractivity (Wildman–Crippen MR) is 98.5 cm³/mol. The molecule has 0 saturated heterocycles. The van der Waals surface area contributed by atoms with E-state index >= 15 is 0 Å². The van der Waals surface area contributed by atoms with Gasteiger partial charge >= 0.3 is 13.6 Å². The van der Waals surface area contributed by atoms with Crippen molar-refractivity contribution in [2.75, 3.05) is 52.1 Å². The van der Waals surface area contributed by atoms with E-state index < -0.39 is 19.9 Å². The Kier molecular flexibility index (Phi) is 16.0. The Labute approximate surface area is 138 Å². The van der Waals surface area contributed by atoms with Gasteiger partial charge in [-0.15, -0.1) is 27.7 Å². The lowest BCUT2D eigenvalue weighted by atomic mass is 10.6. The average Bonchev–Trinajstić information content (AvgIpc) is 2.38. The zero-order valence-electron chi connectivity index (χ0n) is 12.7. The second-order valence-corrected chi connectivity index (χ2v) is 7.14. The van der Waals surface area contributed by atoms with Crippen LogP contribution in [-0.2, 0) is 9.36 Å². The molecule has 0 aliphatic heterocycles. The zero-order chi connectivity index (χ0) is 17.8. The van der Waals surface area contributed by atoms with Crippen LogP contribution >= 0.6 is 35.3 Å². The molecule has 0 heterocycles. The number of aliphatic carboxylic acids is 1. The van der Waals surface area contributed by atoms with Crippen LogP contribution in [0.25, 0.3) is 0 Å². The summed E-state index contributed by atoms with van der Waals surface area (Å²) in [5.41, 5.74) is 5.29. The van der Waals surface area contributed by atoms with Crippen LogP contribution in [0.15, 0.2) is 0 Å². The van der Waals surface area contributed by atoms with Crippen LogP contribution in [0.4, 0.5) is 0 Å². The van der Waals surface area contributed by atoms with Gasteiger partial charge in [-0.1, -0.05) is 0 Å². The van der Waals surface area contributed by atoms with Crippen LogP contribution in [0.2, 0.25) is 0 Å². The van der Waals surface area contributed by atoms with Gasteiger partial charge in [0.25, 0.3) is 0 Å². The van der Waals surface area contributed by atoms with E-state index in [1.165, 1.54) is 4.90 Å². The van der Waals surface area contributed by atoms with E-state index in [0.717, 1.165) is 12.6 Å². The summed E-state index contributed by atoms with van der Waals surface area (Å²) in [5.74, 6) is -1.11. The first-order chi connectivity index (χ1) is 10.1. The fourth-order valence-electron chi connectivity index (χ4n) is 1.22. The molecule has 0 radical (unpaired) electrons. The van der Waals surface area contributed by atoms with Gasteiger partial charge in [-0.3, -0.25) is 24.1 Å². The maximum Gasteiger partial charge on any atom is 0.339 e. The highest BCUT2D eigenvalue weighted by Gasteiger charge is 2.21. The van der Waals surface area contributed by atoms with Gasteiger partial charge in [0.05, 0.1) is 13.2 Å². The lowest BCUT2D eigenvalue weighted by Crippen LogP contribution is -2.38. The molecule has 0 fully saturated rings. The lowest BCUT2D eigenvalue weighted by molar-refractivity contribution is -0.138. The van der Waals surface area contributed by atoms with Crippen molar-refractivity contribution in [1.82, 2.24) is 14.7 Å². The summed E-state index contributed by atoms with van der Waals surface area (Å²) < 4.78 is 10.7. The van der Waals surface area contributed by atoms with Crippen molar-refractivity contribution >= 4 is 41.3 Å². The van der Waals surface area contributed by atoms with Gasteiger partial charge in [-0.25, -0.2) is 0 Å². The first-order valence-corrected chi connectivity index (χ1v) is 10.5. The van der Waals surface area contributed by atoms with Gasteiger partial charge in [0, 0.05) is 25.5 Å². The van der Waals surface area contributed by atoms with Crippen molar-refractivity contribution in [3.63, 3.8) is 0 Å². The standard InChI is InChI=1S/C6H16N2O5P2.C3H12N2P2/c1-7(4-14)3-8(2-6(9)10)5-15(11,12)13;4-1-5(2-6)3-7/h2-5,14H2,1H3,(H,9,10)(H2,11,12,13);1-4,6-7H2. The van der Waals surface area contributed by atoms with Crippen LogP contribution < -0.4 is 5.73 Å².